The number of aliphatic carboxylic acids is 2. The van der Waals surface area contributed by atoms with Gasteiger partial charge in [-0.3, -0.25) is 9.78 Å². The number of hydrogen-bond acceptors (Lipinski definition) is 9. The third-order valence-corrected chi connectivity index (χ3v) is 5.16. The zero-order chi connectivity index (χ0) is 24.9. The zero-order valence-electron chi connectivity index (χ0n) is 18.7. The number of carbonyl (C=O) groups excluding carboxylic acids is 1. The summed E-state index contributed by atoms with van der Waals surface area (Å²) in [7, 11) is 4.10. The molecule has 0 saturated carbocycles. The van der Waals surface area contributed by atoms with Crippen molar-refractivity contribution in [2.75, 3.05) is 26.4 Å². The molecule has 0 spiro atoms. The summed E-state index contributed by atoms with van der Waals surface area (Å²) in [6.45, 7) is 2.12. The Bertz CT molecular complexity index is 1040. The van der Waals surface area contributed by atoms with Crippen molar-refractivity contribution in [1.29, 1.82) is 0 Å². The maximum atomic E-state index is 12.2. The Hall–Kier alpha value is -3.71. The second kappa shape index (κ2) is 13.7. The van der Waals surface area contributed by atoms with Crippen LogP contribution in [0.4, 0.5) is 0 Å². The van der Waals surface area contributed by atoms with Crippen LogP contribution >= 0.6 is 11.8 Å². The monoisotopic (exact) mass is 490 g/mol. The fourth-order valence-electron chi connectivity index (χ4n) is 2.64. The molecule has 13 heteroatoms. The van der Waals surface area contributed by atoms with Crippen molar-refractivity contribution in [2.45, 2.75) is 24.7 Å². The normalized spacial score (nSPS) is 10.4. The molecule has 3 aromatic rings. The molecule has 0 aromatic carbocycles. The van der Waals surface area contributed by atoms with E-state index in [1.54, 1.807) is 24.7 Å². The molecule has 3 aromatic heterocycles. The lowest BCUT2D eigenvalue weighted by atomic mass is 10.2. The molecule has 0 saturated heterocycles. The van der Waals surface area contributed by atoms with Crippen molar-refractivity contribution in [3.63, 3.8) is 0 Å². The predicted octanol–water partition coefficient (Wildman–Crippen LogP) is 1.45. The van der Waals surface area contributed by atoms with Gasteiger partial charge in [0.15, 0.2) is 11.0 Å². The smallest absolute Gasteiger partial charge is 0.414 e. The van der Waals surface area contributed by atoms with E-state index in [0.717, 1.165) is 41.8 Å². The van der Waals surface area contributed by atoms with Gasteiger partial charge in [-0.15, -0.1) is 10.2 Å². The highest BCUT2D eigenvalue weighted by atomic mass is 32.2. The van der Waals surface area contributed by atoms with E-state index in [9.17, 15) is 4.79 Å². The van der Waals surface area contributed by atoms with E-state index in [0.29, 0.717) is 6.54 Å². The van der Waals surface area contributed by atoms with Gasteiger partial charge in [-0.25, -0.2) is 9.59 Å². The highest BCUT2D eigenvalue weighted by Crippen LogP contribution is 2.24. The number of thioether (sulfide) groups is 1. The number of pyridine rings is 1. The molecule has 3 N–H and O–H groups in total. The molecule has 0 radical (unpaired) electrons. The summed E-state index contributed by atoms with van der Waals surface area (Å²) in [6, 6.07) is 7.46. The number of hydrogen-bond donors (Lipinski definition) is 3. The van der Waals surface area contributed by atoms with Crippen LogP contribution in [0.3, 0.4) is 0 Å². The van der Waals surface area contributed by atoms with Gasteiger partial charge < -0.3 is 29.4 Å². The van der Waals surface area contributed by atoms with Crippen molar-refractivity contribution < 1.29 is 29.0 Å². The minimum atomic E-state index is -1.82. The average molecular weight is 491 g/mol. The fraction of sp³-hybridized carbons (Fsp3) is 0.333. The van der Waals surface area contributed by atoms with Crippen molar-refractivity contribution in [2.24, 2.45) is 0 Å². The van der Waals surface area contributed by atoms with E-state index < -0.39 is 11.9 Å². The van der Waals surface area contributed by atoms with Gasteiger partial charge in [0.05, 0.1) is 18.6 Å². The van der Waals surface area contributed by atoms with Gasteiger partial charge in [0, 0.05) is 24.5 Å². The lowest BCUT2D eigenvalue weighted by Gasteiger charge is -2.13. The van der Waals surface area contributed by atoms with Crippen molar-refractivity contribution in [1.82, 2.24) is 30.0 Å². The minimum Gasteiger partial charge on any atom is -0.473 e. The average Bonchev–Trinajstić information content (AvgIpc) is 3.47. The van der Waals surface area contributed by atoms with Gasteiger partial charge in [-0.1, -0.05) is 11.8 Å². The summed E-state index contributed by atoms with van der Waals surface area (Å²) in [6.07, 6.45) is 6.03. The van der Waals surface area contributed by atoms with Crippen LogP contribution in [0.15, 0.2) is 52.5 Å². The van der Waals surface area contributed by atoms with E-state index in [4.69, 9.17) is 24.2 Å². The maximum absolute atomic E-state index is 12.2. The molecule has 0 atom stereocenters. The molecule has 0 aliphatic carbocycles. The van der Waals surface area contributed by atoms with E-state index >= 15 is 0 Å². The Labute approximate surface area is 200 Å². The Morgan fingerprint density at radius 1 is 1.12 bits per heavy atom. The third-order valence-electron chi connectivity index (χ3n) is 4.20. The summed E-state index contributed by atoms with van der Waals surface area (Å²) in [5, 5.41) is 27.0. The number of carboxylic acid groups (broad SMARTS) is 2. The summed E-state index contributed by atoms with van der Waals surface area (Å²) in [4.78, 5) is 36.6. The zero-order valence-corrected chi connectivity index (χ0v) is 19.6. The van der Waals surface area contributed by atoms with E-state index in [2.05, 4.69) is 44.1 Å². The first-order valence-corrected chi connectivity index (χ1v) is 11.1. The molecular weight excluding hydrogens is 464 g/mol. The number of nitrogens with zero attached hydrogens (tertiary/aromatic N) is 5. The van der Waals surface area contributed by atoms with Crippen molar-refractivity contribution in [3.8, 4) is 11.4 Å². The SMILES string of the molecule is CN(C)CCCn1c(SCC(=O)NCc2ccco2)nnc1-c1ccncc1.O=C(O)C(=O)O. The van der Waals surface area contributed by atoms with Crippen LogP contribution in [-0.4, -0.2) is 79.1 Å². The van der Waals surface area contributed by atoms with Crippen LogP contribution < -0.4 is 5.32 Å². The molecule has 34 heavy (non-hydrogen) atoms. The van der Waals surface area contributed by atoms with Crippen LogP contribution in [0.25, 0.3) is 11.4 Å². The number of amides is 1. The highest BCUT2D eigenvalue weighted by Gasteiger charge is 2.16. The van der Waals surface area contributed by atoms with Crippen LogP contribution in [-0.2, 0) is 27.5 Å². The Morgan fingerprint density at radius 3 is 2.41 bits per heavy atom. The lowest BCUT2D eigenvalue weighted by Crippen LogP contribution is -2.24. The van der Waals surface area contributed by atoms with Gasteiger partial charge >= 0.3 is 11.9 Å². The van der Waals surface area contributed by atoms with Crippen molar-refractivity contribution >= 4 is 29.6 Å². The number of carboxylic acids is 2. The lowest BCUT2D eigenvalue weighted by molar-refractivity contribution is -0.159. The van der Waals surface area contributed by atoms with Crippen LogP contribution in [0.5, 0.6) is 0 Å². The largest absolute Gasteiger partial charge is 0.473 e. The Kier molecular flexibility index (Phi) is 10.7. The van der Waals surface area contributed by atoms with E-state index in [1.807, 2.05) is 18.2 Å². The van der Waals surface area contributed by atoms with Gasteiger partial charge in [0.25, 0.3) is 0 Å². The number of furan rings is 1. The quantitative estimate of drug-likeness (QED) is 0.278. The number of aromatic nitrogens is 4. The standard InChI is InChI=1S/C19H24N6O2S.C2H2O4/c1-24(2)10-4-11-25-18(15-6-8-20-9-7-15)22-23-19(25)28-14-17(26)21-13-16-5-3-12-27-16;3-1(4)2(5)6/h3,5-9,12H,4,10-11,13-14H2,1-2H3,(H,21,26);(H,3,4)(H,5,6). The van der Waals surface area contributed by atoms with Gasteiger partial charge in [0.1, 0.15) is 5.76 Å². The van der Waals surface area contributed by atoms with Crippen LogP contribution in [0.1, 0.15) is 12.2 Å². The topological polar surface area (TPSA) is 164 Å². The molecule has 182 valence electrons. The van der Waals surface area contributed by atoms with Gasteiger partial charge in [-0.05, 0) is 51.3 Å². The third kappa shape index (κ3) is 9.03. The molecule has 0 fully saturated rings. The number of nitrogens with one attached hydrogen (secondary N) is 1. The first kappa shape index (κ1) is 26.5. The van der Waals surface area contributed by atoms with Gasteiger partial charge in [-0.2, -0.15) is 0 Å². The summed E-state index contributed by atoms with van der Waals surface area (Å²) < 4.78 is 7.30. The van der Waals surface area contributed by atoms with Crippen molar-refractivity contribution in [3.05, 3.63) is 48.7 Å². The molecule has 1 amide bonds. The molecule has 3 rings (SSSR count). The second-order valence-corrected chi connectivity index (χ2v) is 8.05. The minimum absolute atomic E-state index is 0.0743. The molecule has 0 aliphatic rings. The van der Waals surface area contributed by atoms with E-state index in [-0.39, 0.29) is 11.7 Å². The van der Waals surface area contributed by atoms with Crippen LogP contribution in [0, 0.1) is 0 Å². The number of carbonyl (C=O) groups is 3. The predicted molar refractivity (Wildman–Crippen MR) is 123 cm³/mol. The summed E-state index contributed by atoms with van der Waals surface area (Å²) in [5.74, 6) is -1.94. The fourth-order valence-corrected chi connectivity index (χ4v) is 3.43. The first-order valence-electron chi connectivity index (χ1n) is 10.1. The van der Waals surface area contributed by atoms with Gasteiger partial charge in [0.2, 0.25) is 5.91 Å². The molecule has 12 nitrogen and oxygen atoms in total. The molecule has 0 aliphatic heterocycles. The Morgan fingerprint density at radius 2 is 1.82 bits per heavy atom. The summed E-state index contributed by atoms with van der Waals surface area (Å²) in [5.41, 5.74) is 0.960. The summed E-state index contributed by atoms with van der Waals surface area (Å²) >= 11 is 1.38. The van der Waals surface area contributed by atoms with Crippen LogP contribution in [0.2, 0.25) is 0 Å². The molecule has 0 unspecified atom stereocenters. The molecule has 3 heterocycles. The Balaban J connectivity index is 0.000000604. The highest BCUT2D eigenvalue weighted by molar-refractivity contribution is 7.99. The van der Waals surface area contributed by atoms with E-state index in [1.165, 1.54) is 11.8 Å². The second-order valence-electron chi connectivity index (χ2n) is 7.11. The first-order chi connectivity index (χ1) is 16.3. The molecular formula is C21H26N6O6S. The number of rotatable bonds is 10. The molecule has 0 bridgehead atoms. The maximum Gasteiger partial charge on any atom is 0.414 e.